The van der Waals surface area contributed by atoms with E-state index < -0.39 is 17.8 Å². The number of para-hydroxylation sites is 1. The molecule has 5 heteroatoms. The molecule has 2 aromatic rings. The summed E-state index contributed by atoms with van der Waals surface area (Å²) < 4.78 is 0. The average molecular weight is 351 g/mol. The van der Waals surface area contributed by atoms with Crippen molar-refractivity contribution in [3.63, 3.8) is 0 Å². The molecule has 2 aromatic carbocycles. The fourth-order valence-electron chi connectivity index (χ4n) is 3.50. The van der Waals surface area contributed by atoms with Crippen molar-refractivity contribution in [1.82, 2.24) is 0 Å². The summed E-state index contributed by atoms with van der Waals surface area (Å²) in [6, 6.07) is 15.7. The Morgan fingerprint density at radius 3 is 2.15 bits per heavy atom. The van der Waals surface area contributed by atoms with Gasteiger partial charge in [0.15, 0.2) is 5.78 Å². The van der Waals surface area contributed by atoms with Crippen molar-refractivity contribution in [1.29, 1.82) is 0 Å². The zero-order valence-corrected chi connectivity index (χ0v) is 14.4. The highest BCUT2D eigenvalue weighted by Crippen LogP contribution is 2.32. The topological polar surface area (TPSA) is 83.5 Å². The molecule has 0 spiro atoms. The third kappa shape index (κ3) is 3.82. The maximum atomic E-state index is 12.8. The van der Waals surface area contributed by atoms with E-state index in [0.29, 0.717) is 29.7 Å². The number of anilines is 1. The Balaban J connectivity index is 1.83. The molecule has 2 N–H and O–H groups in total. The van der Waals surface area contributed by atoms with Gasteiger partial charge in [0, 0.05) is 11.1 Å². The molecule has 0 saturated heterocycles. The molecular formula is C21H21NO4. The second kappa shape index (κ2) is 7.95. The van der Waals surface area contributed by atoms with E-state index in [0.717, 1.165) is 12.8 Å². The SMILES string of the molecule is O=C(c1ccccc1)c1ccccc1NC(=O)[C@H]1CCCC[C@H]1C(=O)O. The average Bonchev–Trinajstić information content (AvgIpc) is 2.68. The minimum absolute atomic E-state index is 0.181. The number of carbonyl (C=O) groups excluding carboxylic acids is 2. The van der Waals surface area contributed by atoms with Crippen molar-refractivity contribution >= 4 is 23.3 Å². The number of benzene rings is 2. The summed E-state index contributed by atoms with van der Waals surface area (Å²) in [5, 5.41) is 12.2. The largest absolute Gasteiger partial charge is 0.481 e. The first-order chi connectivity index (χ1) is 12.6. The van der Waals surface area contributed by atoms with Crippen LogP contribution < -0.4 is 5.32 Å². The van der Waals surface area contributed by atoms with E-state index >= 15 is 0 Å². The van der Waals surface area contributed by atoms with Gasteiger partial charge in [0.2, 0.25) is 5.91 Å². The van der Waals surface area contributed by atoms with Gasteiger partial charge in [0.25, 0.3) is 0 Å². The van der Waals surface area contributed by atoms with Crippen molar-refractivity contribution in [2.24, 2.45) is 11.8 Å². The van der Waals surface area contributed by atoms with E-state index in [1.165, 1.54) is 0 Å². The van der Waals surface area contributed by atoms with Gasteiger partial charge in [-0.15, -0.1) is 0 Å². The Hall–Kier alpha value is -2.95. The number of carboxylic acid groups (broad SMARTS) is 1. The zero-order chi connectivity index (χ0) is 18.5. The van der Waals surface area contributed by atoms with Crippen LogP contribution in [-0.4, -0.2) is 22.8 Å². The zero-order valence-electron chi connectivity index (χ0n) is 14.4. The van der Waals surface area contributed by atoms with Gasteiger partial charge >= 0.3 is 5.97 Å². The minimum Gasteiger partial charge on any atom is -0.481 e. The van der Waals surface area contributed by atoms with Crippen LogP contribution in [0.25, 0.3) is 0 Å². The predicted molar refractivity (Wildman–Crippen MR) is 98.0 cm³/mol. The van der Waals surface area contributed by atoms with E-state index in [9.17, 15) is 19.5 Å². The van der Waals surface area contributed by atoms with Crippen LogP contribution in [-0.2, 0) is 9.59 Å². The molecule has 0 unspecified atom stereocenters. The van der Waals surface area contributed by atoms with Gasteiger partial charge in [-0.05, 0) is 25.0 Å². The summed E-state index contributed by atoms with van der Waals surface area (Å²) in [5.74, 6) is -2.68. The molecule has 0 aromatic heterocycles. The summed E-state index contributed by atoms with van der Waals surface area (Å²) in [5.41, 5.74) is 1.35. The normalized spacial score (nSPS) is 19.5. The first kappa shape index (κ1) is 17.9. The molecule has 26 heavy (non-hydrogen) atoms. The van der Waals surface area contributed by atoms with Crippen LogP contribution in [0.2, 0.25) is 0 Å². The summed E-state index contributed by atoms with van der Waals surface area (Å²) in [6.07, 6.45) is 2.73. The highest BCUT2D eigenvalue weighted by atomic mass is 16.4. The standard InChI is InChI=1S/C21H21NO4/c23-19(14-8-2-1-3-9-14)17-12-6-7-13-18(17)22-20(24)15-10-4-5-11-16(15)21(25)26/h1-3,6-9,12-13,15-16H,4-5,10-11H2,(H,22,24)(H,25,26)/t15-,16+/m0/s1. The fraction of sp³-hybridized carbons (Fsp3) is 0.286. The number of hydrogen-bond acceptors (Lipinski definition) is 3. The number of carboxylic acids is 1. The lowest BCUT2D eigenvalue weighted by atomic mass is 9.78. The lowest BCUT2D eigenvalue weighted by Crippen LogP contribution is -2.36. The molecule has 1 aliphatic carbocycles. The number of rotatable bonds is 5. The van der Waals surface area contributed by atoms with Crippen LogP contribution in [0.5, 0.6) is 0 Å². The molecular weight excluding hydrogens is 330 g/mol. The predicted octanol–water partition coefficient (Wildman–Crippen LogP) is 3.75. The smallest absolute Gasteiger partial charge is 0.307 e. The molecule has 3 rings (SSSR count). The molecule has 1 saturated carbocycles. The van der Waals surface area contributed by atoms with Gasteiger partial charge in [-0.1, -0.05) is 55.3 Å². The van der Waals surface area contributed by atoms with E-state index in [1.54, 1.807) is 48.5 Å². The molecule has 0 aliphatic heterocycles. The van der Waals surface area contributed by atoms with Crippen molar-refractivity contribution in [2.75, 3.05) is 5.32 Å². The lowest BCUT2D eigenvalue weighted by molar-refractivity contribution is -0.147. The van der Waals surface area contributed by atoms with Crippen LogP contribution in [0.1, 0.15) is 41.6 Å². The molecule has 0 bridgehead atoms. The Bertz CT molecular complexity index is 816. The van der Waals surface area contributed by atoms with Crippen molar-refractivity contribution in [3.8, 4) is 0 Å². The van der Waals surface area contributed by atoms with Gasteiger partial charge in [-0.2, -0.15) is 0 Å². The Labute approximate surface area is 152 Å². The molecule has 1 aliphatic rings. The summed E-state index contributed by atoms with van der Waals surface area (Å²) in [4.78, 5) is 36.9. The lowest BCUT2D eigenvalue weighted by Gasteiger charge is -2.27. The summed E-state index contributed by atoms with van der Waals surface area (Å²) >= 11 is 0. The highest BCUT2D eigenvalue weighted by molar-refractivity contribution is 6.14. The van der Waals surface area contributed by atoms with Gasteiger partial charge < -0.3 is 10.4 Å². The molecule has 2 atom stereocenters. The number of carbonyl (C=O) groups is 3. The third-order valence-corrected chi connectivity index (χ3v) is 4.89. The van der Waals surface area contributed by atoms with Crippen LogP contribution in [0, 0.1) is 11.8 Å². The van der Waals surface area contributed by atoms with E-state index in [-0.39, 0.29) is 11.7 Å². The Kier molecular flexibility index (Phi) is 5.46. The molecule has 0 radical (unpaired) electrons. The van der Waals surface area contributed by atoms with E-state index in [2.05, 4.69) is 5.32 Å². The molecule has 1 fully saturated rings. The number of hydrogen-bond donors (Lipinski definition) is 2. The van der Waals surface area contributed by atoms with Crippen LogP contribution in [0.15, 0.2) is 54.6 Å². The van der Waals surface area contributed by atoms with E-state index in [1.807, 2.05) is 6.07 Å². The van der Waals surface area contributed by atoms with Gasteiger partial charge in [-0.25, -0.2) is 0 Å². The van der Waals surface area contributed by atoms with Crippen LogP contribution >= 0.6 is 0 Å². The monoisotopic (exact) mass is 351 g/mol. The van der Waals surface area contributed by atoms with Crippen molar-refractivity contribution in [2.45, 2.75) is 25.7 Å². The first-order valence-electron chi connectivity index (χ1n) is 8.80. The maximum Gasteiger partial charge on any atom is 0.307 e. The highest BCUT2D eigenvalue weighted by Gasteiger charge is 2.36. The summed E-state index contributed by atoms with van der Waals surface area (Å²) in [6.45, 7) is 0. The quantitative estimate of drug-likeness (QED) is 0.804. The Morgan fingerprint density at radius 1 is 0.846 bits per heavy atom. The van der Waals surface area contributed by atoms with Gasteiger partial charge in [0.1, 0.15) is 0 Å². The Morgan fingerprint density at radius 2 is 1.46 bits per heavy atom. The maximum absolute atomic E-state index is 12.8. The van der Waals surface area contributed by atoms with Crippen molar-refractivity contribution < 1.29 is 19.5 Å². The molecule has 134 valence electrons. The first-order valence-corrected chi connectivity index (χ1v) is 8.80. The molecule has 5 nitrogen and oxygen atoms in total. The number of aliphatic carboxylic acids is 1. The van der Waals surface area contributed by atoms with Crippen LogP contribution in [0.3, 0.4) is 0 Å². The second-order valence-corrected chi connectivity index (χ2v) is 6.57. The number of nitrogens with one attached hydrogen (secondary N) is 1. The summed E-state index contributed by atoms with van der Waals surface area (Å²) in [7, 11) is 0. The molecule has 1 amide bonds. The third-order valence-electron chi connectivity index (χ3n) is 4.89. The fourth-order valence-corrected chi connectivity index (χ4v) is 3.50. The van der Waals surface area contributed by atoms with Crippen molar-refractivity contribution in [3.05, 3.63) is 65.7 Å². The number of ketones is 1. The second-order valence-electron chi connectivity index (χ2n) is 6.57. The number of amides is 1. The van der Waals surface area contributed by atoms with Crippen LogP contribution in [0.4, 0.5) is 5.69 Å². The van der Waals surface area contributed by atoms with E-state index in [4.69, 9.17) is 0 Å². The van der Waals surface area contributed by atoms with Gasteiger partial charge in [0.05, 0.1) is 17.5 Å². The van der Waals surface area contributed by atoms with Gasteiger partial charge in [-0.3, -0.25) is 14.4 Å². The molecule has 0 heterocycles. The minimum atomic E-state index is -0.932.